The summed E-state index contributed by atoms with van der Waals surface area (Å²) >= 11 is 5.23. The fourth-order valence-electron chi connectivity index (χ4n) is 2.94. The molecule has 0 saturated heterocycles. The number of ketones is 1. The van der Waals surface area contributed by atoms with Gasteiger partial charge in [0.15, 0.2) is 10.9 Å². The van der Waals surface area contributed by atoms with Gasteiger partial charge in [-0.2, -0.15) is 0 Å². The summed E-state index contributed by atoms with van der Waals surface area (Å²) in [7, 11) is 0. The Kier molecular flexibility index (Phi) is 5.32. The number of benzene rings is 2. The molecule has 0 saturated carbocycles. The standard InChI is InChI=1S/C20H19FN2O2S/c1-12-18(13(2)24)19(23-20(26)22-12)15-4-3-5-17(10-15)25-11-14-6-8-16(21)9-7-14/h3-10,19H,11H2,1-2H3,(H2,22,23,26). The first kappa shape index (κ1) is 18.1. The van der Waals surface area contributed by atoms with E-state index < -0.39 is 0 Å². The fourth-order valence-corrected chi connectivity index (χ4v) is 3.21. The second-order valence-electron chi connectivity index (χ2n) is 6.11. The summed E-state index contributed by atoms with van der Waals surface area (Å²) < 4.78 is 18.8. The van der Waals surface area contributed by atoms with Gasteiger partial charge >= 0.3 is 0 Å². The number of halogens is 1. The minimum atomic E-state index is -0.323. The molecule has 2 N–H and O–H groups in total. The molecule has 0 aliphatic carbocycles. The average molecular weight is 370 g/mol. The Balaban J connectivity index is 1.82. The summed E-state index contributed by atoms with van der Waals surface area (Å²) in [6.45, 7) is 3.71. The predicted octanol–water partition coefficient (Wildman–Crippen LogP) is 3.79. The quantitative estimate of drug-likeness (QED) is 0.785. The van der Waals surface area contributed by atoms with E-state index in [0.29, 0.717) is 23.0 Å². The van der Waals surface area contributed by atoms with Crippen LogP contribution in [0.15, 0.2) is 59.8 Å². The summed E-state index contributed by atoms with van der Waals surface area (Å²) in [5, 5.41) is 6.62. The van der Waals surface area contributed by atoms with E-state index >= 15 is 0 Å². The monoisotopic (exact) mass is 370 g/mol. The van der Waals surface area contributed by atoms with Gasteiger partial charge in [-0.3, -0.25) is 4.79 Å². The van der Waals surface area contributed by atoms with E-state index in [-0.39, 0.29) is 17.6 Å². The smallest absolute Gasteiger partial charge is 0.171 e. The largest absolute Gasteiger partial charge is 0.489 e. The van der Waals surface area contributed by atoms with Crippen LogP contribution in [-0.4, -0.2) is 10.9 Å². The fraction of sp³-hybridized carbons (Fsp3) is 0.200. The number of ether oxygens (including phenoxy) is 1. The zero-order valence-electron chi connectivity index (χ0n) is 14.5. The Bertz CT molecular complexity index is 878. The minimum absolute atomic E-state index is 0.0207. The van der Waals surface area contributed by atoms with Gasteiger partial charge in [-0.15, -0.1) is 0 Å². The van der Waals surface area contributed by atoms with Crippen LogP contribution in [0.1, 0.15) is 31.0 Å². The number of hydrogen-bond donors (Lipinski definition) is 2. The predicted molar refractivity (Wildman–Crippen MR) is 102 cm³/mol. The first-order chi connectivity index (χ1) is 12.4. The van der Waals surface area contributed by atoms with Crippen LogP contribution in [0.5, 0.6) is 5.75 Å². The Hall–Kier alpha value is -2.73. The molecule has 134 valence electrons. The third-order valence-electron chi connectivity index (χ3n) is 4.16. The molecule has 2 aromatic carbocycles. The second-order valence-corrected chi connectivity index (χ2v) is 6.52. The van der Waals surface area contributed by atoms with Gasteiger partial charge in [0.25, 0.3) is 0 Å². The van der Waals surface area contributed by atoms with Crippen molar-refractivity contribution >= 4 is 23.1 Å². The number of rotatable bonds is 5. The third kappa shape index (κ3) is 4.08. The van der Waals surface area contributed by atoms with Crippen LogP contribution in [-0.2, 0) is 11.4 Å². The molecular weight excluding hydrogens is 351 g/mol. The zero-order chi connectivity index (χ0) is 18.7. The average Bonchev–Trinajstić information content (AvgIpc) is 2.60. The zero-order valence-corrected chi connectivity index (χ0v) is 15.3. The van der Waals surface area contributed by atoms with Crippen LogP contribution < -0.4 is 15.4 Å². The molecule has 0 fully saturated rings. The van der Waals surface area contributed by atoms with Gasteiger partial charge in [0.2, 0.25) is 0 Å². The molecular formula is C20H19FN2O2S. The summed E-state index contributed by atoms with van der Waals surface area (Å²) in [5.74, 6) is 0.369. The normalized spacial score (nSPS) is 16.7. The van der Waals surface area contributed by atoms with Gasteiger partial charge < -0.3 is 15.4 Å². The molecule has 6 heteroatoms. The Labute approximate surface area is 157 Å². The Morgan fingerprint density at radius 2 is 1.96 bits per heavy atom. The lowest BCUT2D eigenvalue weighted by atomic mass is 9.93. The van der Waals surface area contributed by atoms with Crippen LogP contribution in [0.25, 0.3) is 0 Å². The van der Waals surface area contributed by atoms with Crippen LogP contribution >= 0.6 is 12.2 Å². The summed E-state index contributed by atoms with van der Waals surface area (Å²) in [6, 6.07) is 13.4. The highest BCUT2D eigenvalue weighted by Crippen LogP contribution is 2.29. The lowest BCUT2D eigenvalue weighted by Crippen LogP contribution is -2.44. The molecule has 0 spiro atoms. The third-order valence-corrected chi connectivity index (χ3v) is 4.38. The highest BCUT2D eigenvalue weighted by atomic mass is 32.1. The molecule has 0 bridgehead atoms. The van der Waals surface area contributed by atoms with Crippen molar-refractivity contribution < 1.29 is 13.9 Å². The molecule has 1 aliphatic rings. The van der Waals surface area contributed by atoms with E-state index in [9.17, 15) is 9.18 Å². The van der Waals surface area contributed by atoms with E-state index in [4.69, 9.17) is 17.0 Å². The number of carbonyl (C=O) groups excluding carboxylic acids is 1. The topological polar surface area (TPSA) is 50.4 Å². The highest BCUT2D eigenvalue weighted by molar-refractivity contribution is 7.80. The van der Waals surface area contributed by atoms with Crippen LogP contribution in [0.2, 0.25) is 0 Å². The number of carbonyl (C=O) groups is 1. The number of nitrogens with one attached hydrogen (secondary N) is 2. The molecule has 4 nitrogen and oxygen atoms in total. The Morgan fingerprint density at radius 3 is 2.65 bits per heavy atom. The van der Waals surface area contributed by atoms with Gasteiger partial charge in [-0.05, 0) is 61.5 Å². The van der Waals surface area contributed by atoms with Gasteiger partial charge in [0.1, 0.15) is 18.2 Å². The maximum Gasteiger partial charge on any atom is 0.171 e. The number of thiocarbonyl (C=S) groups is 1. The van der Waals surface area contributed by atoms with Crippen molar-refractivity contribution in [2.75, 3.05) is 0 Å². The number of Topliss-reactive ketones (excluding diaryl/α,β-unsaturated/α-hetero) is 1. The molecule has 3 rings (SSSR count). The van der Waals surface area contributed by atoms with E-state index in [0.717, 1.165) is 16.8 Å². The van der Waals surface area contributed by atoms with E-state index in [1.54, 1.807) is 19.1 Å². The molecule has 26 heavy (non-hydrogen) atoms. The van der Waals surface area contributed by atoms with Crippen molar-refractivity contribution in [3.63, 3.8) is 0 Å². The first-order valence-corrected chi connectivity index (χ1v) is 8.61. The van der Waals surface area contributed by atoms with Gasteiger partial charge in [-0.1, -0.05) is 24.3 Å². The van der Waals surface area contributed by atoms with Crippen LogP contribution in [0, 0.1) is 5.82 Å². The van der Waals surface area contributed by atoms with E-state index in [1.165, 1.54) is 12.1 Å². The van der Waals surface area contributed by atoms with Crippen molar-refractivity contribution in [2.24, 2.45) is 0 Å². The van der Waals surface area contributed by atoms with Crippen molar-refractivity contribution in [3.05, 3.63) is 76.7 Å². The highest BCUT2D eigenvalue weighted by Gasteiger charge is 2.27. The SMILES string of the molecule is CC(=O)C1=C(C)NC(=S)NC1c1cccc(OCc2ccc(F)cc2)c1. The molecule has 0 aromatic heterocycles. The van der Waals surface area contributed by atoms with Crippen molar-refractivity contribution in [1.82, 2.24) is 10.6 Å². The molecule has 1 heterocycles. The Morgan fingerprint density at radius 1 is 1.23 bits per heavy atom. The molecule has 1 unspecified atom stereocenters. The molecule has 1 atom stereocenters. The maximum absolute atomic E-state index is 13.0. The van der Waals surface area contributed by atoms with Gasteiger partial charge in [0.05, 0.1) is 6.04 Å². The summed E-state index contributed by atoms with van der Waals surface area (Å²) in [6.07, 6.45) is 0. The summed E-state index contributed by atoms with van der Waals surface area (Å²) in [5.41, 5.74) is 3.16. The number of allylic oxidation sites excluding steroid dienone is 1. The molecule has 0 amide bonds. The number of hydrogen-bond acceptors (Lipinski definition) is 3. The summed E-state index contributed by atoms with van der Waals surface area (Å²) in [4.78, 5) is 12.1. The second kappa shape index (κ2) is 7.66. The van der Waals surface area contributed by atoms with Crippen LogP contribution in [0.4, 0.5) is 4.39 Å². The molecule has 1 aliphatic heterocycles. The van der Waals surface area contributed by atoms with E-state index in [1.807, 2.05) is 31.2 Å². The maximum atomic E-state index is 13.0. The van der Waals surface area contributed by atoms with E-state index in [2.05, 4.69) is 10.6 Å². The minimum Gasteiger partial charge on any atom is -0.489 e. The lowest BCUT2D eigenvalue weighted by Gasteiger charge is -2.30. The molecule has 2 aromatic rings. The first-order valence-electron chi connectivity index (χ1n) is 8.20. The van der Waals surface area contributed by atoms with Crippen molar-refractivity contribution in [2.45, 2.75) is 26.5 Å². The molecule has 0 radical (unpaired) electrons. The van der Waals surface area contributed by atoms with Crippen LogP contribution in [0.3, 0.4) is 0 Å². The van der Waals surface area contributed by atoms with Gasteiger partial charge in [-0.25, -0.2) is 4.39 Å². The van der Waals surface area contributed by atoms with Gasteiger partial charge in [0, 0.05) is 11.3 Å². The lowest BCUT2D eigenvalue weighted by molar-refractivity contribution is -0.114. The van der Waals surface area contributed by atoms with Crippen molar-refractivity contribution in [1.29, 1.82) is 0 Å². The van der Waals surface area contributed by atoms with Crippen molar-refractivity contribution in [3.8, 4) is 5.75 Å².